The Balaban J connectivity index is 1.47. The molecule has 1 aliphatic heterocycles. The summed E-state index contributed by atoms with van der Waals surface area (Å²) in [6.07, 6.45) is 1.47. The average molecular weight is 448 g/mol. The molecule has 1 saturated heterocycles. The zero-order valence-corrected chi connectivity index (χ0v) is 18.9. The Hall–Kier alpha value is -3.32. The van der Waals surface area contributed by atoms with Crippen LogP contribution in [0, 0.1) is 12.8 Å². The van der Waals surface area contributed by atoms with E-state index in [9.17, 15) is 14.4 Å². The van der Waals surface area contributed by atoms with Crippen LogP contribution in [0.2, 0.25) is 0 Å². The van der Waals surface area contributed by atoms with Crippen LogP contribution in [-0.2, 0) is 4.79 Å². The van der Waals surface area contributed by atoms with Gasteiger partial charge < -0.3 is 10.2 Å². The van der Waals surface area contributed by atoms with Crippen LogP contribution in [0.25, 0.3) is 11.3 Å². The summed E-state index contributed by atoms with van der Waals surface area (Å²) in [5, 5.41) is 3.29. The van der Waals surface area contributed by atoms with Crippen LogP contribution in [0.1, 0.15) is 45.4 Å². The molecule has 0 saturated carbocycles. The van der Waals surface area contributed by atoms with Gasteiger partial charge in [-0.05, 0) is 31.9 Å². The molecule has 1 N–H and O–H groups in total. The van der Waals surface area contributed by atoms with Crippen molar-refractivity contribution in [2.45, 2.75) is 26.7 Å². The molecule has 32 heavy (non-hydrogen) atoms. The van der Waals surface area contributed by atoms with Crippen molar-refractivity contribution in [2.75, 3.05) is 18.4 Å². The predicted molar refractivity (Wildman–Crippen MR) is 126 cm³/mol. The molecule has 1 aromatic heterocycles. The Kier molecular flexibility index (Phi) is 6.46. The van der Waals surface area contributed by atoms with E-state index in [1.54, 1.807) is 4.90 Å². The Bertz CT molecular complexity index is 1140. The molecule has 7 heteroatoms. The summed E-state index contributed by atoms with van der Waals surface area (Å²) >= 11 is 1.19. The molecule has 1 unspecified atom stereocenters. The zero-order chi connectivity index (χ0) is 22.7. The van der Waals surface area contributed by atoms with Crippen LogP contribution >= 0.6 is 11.3 Å². The van der Waals surface area contributed by atoms with Gasteiger partial charge in [0.15, 0.2) is 10.9 Å². The standard InChI is InChI=1S/C25H25N3O3S/c1-16-10-12-19(13-11-16)24(31)28-14-6-9-20(15-28)23(30)27-25-26-21(22(32-25)17(2)29)18-7-4-3-5-8-18/h3-5,7-8,10-13,20H,6,9,14-15H2,1-2H3,(H,26,27,30). The number of carbonyl (C=O) groups is 3. The largest absolute Gasteiger partial charge is 0.338 e. The molecule has 2 aromatic carbocycles. The monoisotopic (exact) mass is 447 g/mol. The van der Waals surface area contributed by atoms with Gasteiger partial charge in [-0.2, -0.15) is 0 Å². The van der Waals surface area contributed by atoms with Gasteiger partial charge in [0.1, 0.15) is 0 Å². The van der Waals surface area contributed by atoms with Crippen molar-refractivity contribution in [2.24, 2.45) is 5.92 Å². The van der Waals surface area contributed by atoms with Crippen molar-refractivity contribution >= 4 is 34.1 Å². The number of ketones is 1. The van der Waals surface area contributed by atoms with Crippen molar-refractivity contribution in [1.82, 2.24) is 9.88 Å². The van der Waals surface area contributed by atoms with Gasteiger partial charge in [0, 0.05) is 31.1 Å². The second kappa shape index (κ2) is 9.44. The number of Topliss-reactive ketones (excluding diaryl/α,β-unsaturated/α-hetero) is 1. The molecule has 2 amide bonds. The first-order valence-electron chi connectivity index (χ1n) is 10.7. The number of nitrogens with one attached hydrogen (secondary N) is 1. The number of amides is 2. The van der Waals surface area contributed by atoms with E-state index in [1.807, 2.05) is 61.5 Å². The molecule has 164 valence electrons. The summed E-state index contributed by atoms with van der Waals surface area (Å²) in [6, 6.07) is 16.9. The third-order valence-electron chi connectivity index (χ3n) is 5.60. The summed E-state index contributed by atoms with van der Waals surface area (Å²) in [6.45, 7) is 4.49. The van der Waals surface area contributed by atoms with Crippen molar-refractivity contribution in [3.8, 4) is 11.3 Å². The van der Waals surface area contributed by atoms with Crippen molar-refractivity contribution in [3.05, 3.63) is 70.6 Å². The minimum Gasteiger partial charge on any atom is -0.338 e. The summed E-state index contributed by atoms with van der Waals surface area (Å²) in [5.74, 6) is -0.630. The average Bonchev–Trinajstić information content (AvgIpc) is 3.24. The first kappa shape index (κ1) is 21.9. The van der Waals surface area contributed by atoms with Crippen LogP contribution < -0.4 is 5.32 Å². The first-order valence-corrected chi connectivity index (χ1v) is 11.5. The number of hydrogen-bond donors (Lipinski definition) is 1. The van der Waals surface area contributed by atoms with E-state index >= 15 is 0 Å². The number of nitrogens with zero attached hydrogens (tertiary/aromatic N) is 2. The van der Waals surface area contributed by atoms with Crippen molar-refractivity contribution < 1.29 is 14.4 Å². The quantitative estimate of drug-likeness (QED) is 0.569. The number of hydrogen-bond acceptors (Lipinski definition) is 5. The Morgan fingerprint density at radius 1 is 1.06 bits per heavy atom. The number of anilines is 1. The minimum absolute atomic E-state index is 0.0537. The normalized spacial score (nSPS) is 15.9. The zero-order valence-electron chi connectivity index (χ0n) is 18.1. The highest BCUT2D eigenvalue weighted by atomic mass is 32.1. The van der Waals surface area contributed by atoms with E-state index in [0.717, 1.165) is 17.5 Å². The molecular formula is C25H25N3O3S. The Labute approximate surface area is 191 Å². The fourth-order valence-corrected chi connectivity index (χ4v) is 4.75. The van der Waals surface area contributed by atoms with Gasteiger partial charge in [0.2, 0.25) is 5.91 Å². The van der Waals surface area contributed by atoms with Gasteiger partial charge in [-0.25, -0.2) is 4.98 Å². The third kappa shape index (κ3) is 4.78. The minimum atomic E-state index is -0.317. The van der Waals surface area contributed by atoms with Gasteiger partial charge in [-0.15, -0.1) is 0 Å². The summed E-state index contributed by atoms with van der Waals surface area (Å²) in [5.41, 5.74) is 3.15. The lowest BCUT2D eigenvalue weighted by Crippen LogP contribution is -2.43. The van der Waals surface area contributed by atoms with Gasteiger partial charge in [-0.3, -0.25) is 14.4 Å². The number of aromatic nitrogens is 1. The predicted octanol–water partition coefficient (Wildman–Crippen LogP) is 4.81. The van der Waals surface area contributed by atoms with E-state index in [4.69, 9.17) is 0 Å². The molecule has 3 aromatic rings. The summed E-state index contributed by atoms with van der Waals surface area (Å²) in [4.78, 5) is 44.8. The number of benzene rings is 2. The fraction of sp³-hybridized carbons (Fsp3) is 0.280. The number of likely N-dealkylation sites (tertiary alicyclic amines) is 1. The molecule has 0 spiro atoms. The maximum atomic E-state index is 13.0. The lowest BCUT2D eigenvalue weighted by molar-refractivity contribution is -0.121. The summed E-state index contributed by atoms with van der Waals surface area (Å²) in [7, 11) is 0. The molecule has 4 rings (SSSR count). The number of rotatable bonds is 5. The molecule has 6 nitrogen and oxygen atoms in total. The highest BCUT2D eigenvalue weighted by Gasteiger charge is 2.30. The second-order valence-electron chi connectivity index (χ2n) is 8.06. The SMILES string of the molecule is CC(=O)c1sc(NC(=O)C2CCCN(C(=O)c3ccc(C)cc3)C2)nc1-c1ccccc1. The maximum absolute atomic E-state index is 13.0. The fourth-order valence-electron chi connectivity index (χ4n) is 3.87. The van der Waals surface area contributed by atoms with Gasteiger partial charge in [0.25, 0.3) is 5.91 Å². The van der Waals surface area contributed by atoms with Gasteiger partial charge >= 0.3 is 0 Å². The molecule has 0 radical (unpaired) electrons. The van der Waals surface area contributed by atoms with E-state index in [-0.39, 0.29) is 23.5 Å². The van der Waals surface area contributed by atoms with E-state index in [2.05, 4.69) is 10.3 Å². The molecule has 1 aliphatic rings. The Morgan fingerprint density at radius 2 is 1.78 bits per heavy atom. The van der Waals surface area contributed by atoms with E-state index < -0.39 is 0 Å². The number of carbonyl (C=O) groups excluding carboxylic acids is 3. The van der Waals surface area contributed by atoms with Crippen LogP contribution in [0.15, 0.2) is 54.6 Å². The maximum Gasteiger partial charge on any atom is 0.253 e. The first-order chi connectivity index (χ1) is 15.4. The van der Waals surface area contributed by atoms with Crippen molar-refractivity contribution in [1.29, 1.82) is 0 Å². The second-order valence-corrected chi connectivity index (χ2v) is 9.06. The highest BCUT2D eigenvalue weighted by Crippen LogP contribution is 2.32. The molecule has 0 aliphatic carbocycles. The lowest BCUT2D eigenvalue weighted by Gasteiger charge is -2.32. The molecule has 1 atom stereocenters. The van der Waals surface area contributed by atoms with Gasteiger partial charge in [-0.1, -0.05) is 59.4 Å². The highest BCUT2D eigenvalue weighted by molar-refractivity contribution is 7.18. The number of thiazole rings is 1. The van der Waals surface area contributed by atoms with Crippen LogP contribution in [0.5, 0.6) is 0 Å². The lowest BCUT2D eigenvalue weighted by atomic mass is 9.96. The molecule has 1 fully saturated rings. The number of piperidine rings is 1. The summed E-state index contributed by atoms with van der Waals surface area (Å²) < 4.78 is 0. The van der Waals surface area contributed by atoms with E-state index in [1.165, 1.54) is 18.3 Å². The van der Waals surface area contributed by atoms with Crippen molar-refractivity contribution in [3.63, 3.8) is 0 Å². The molecule has 0 bridgehead atoms. The van der Waals surface area contributed by atoms with E-state index in [0.29, 0.717) is 40.8 Å². The van der Waals surface area contributed by atoms with Gasteiger partial charge in [0.05, 0.1) is 16.5 Å². The van der Waals surface area contributed by atoms with Crippen LogP contribution in [-0.4, -0.2) is 40.6 Å². The van der Waals surface area contributed by atoms with Crippen LogP contribution in [0.4, 0.5) is 5.13 Å². The molecule has 2 heterocycles. The Morgan fingerprint density at radius 3 is 2.47 bits per heavy atom. The smallest absolute Gasteiger partial charge is 0.253 e. The van der Waals surface area contributed by atoms with Crippen LogP contribution in [0.3, 0.4) is 0 Å². The third-order valence-corrected chi connectivity index (χ3v) is 6.67. The number of aryl methyl sites for hydroxylation is 1. The topological polar surface area (TPSA) is 79.4 Å². The molecular weight excluding hydrogens is 422 g/mol.